The van der Waals surface area contributed by atoms with Crippen molar-refractivity contribution in [3.8, 4) is 5.75 Å². The molecule has 0 aromatic heterocycles. The third-order valence-electron chi connectivity index (χ3n) is 5.14. The van der Waals surface area contributed by atoms with Gasteiger partial charge in [0.15, 0.2) is 0 Å². The van der Waals surface area contributed by atoms with Crippen molar-refractivity contribution in [2.24, 2.45) is 0 Å². The number of hydrogen-bond acceptors (Lipinski definition) is 3. The molecule has 0 unspecified atom stereocenters. The van der Waals surface area contributed by atoms with Gasteiger partial charge in [-0.25, -0.2) is 0 Å². The Labute approximate surface area is 166 Å². The van der Waals surface area contributed by atoms with Gasteiger partial charge in [-0.2, -0.15) is 0 Å². The first-order valence-corrected chi connectivity index (χ1v) is 9.95. The van der Waals surface area contributed by atoms with Crippen molar-refractivity contribution >= 4 is 17.5 Å². The molecule has 0 heterocycles. The highest BCUT2D eigenvalue weighted by atomic mass is 16.5. The highest BCUT2D eigenvalue weighted by Crippen LogP contribution is 2.24. The Morgan fingerprint density at radius 1 is 1.04 bits per heavy atom. The average Bonchev–Trinajstić information content (AvgIpc) is 3.22. The van der Waals surface area contributed by atoms with Gasteiger partial charge in [0.2, 0.25) is 11.8 Å². The van der Waals surface area contributed by atoms with E-state index >= 15 is 0 Å². The van der Waals surface area contributed by atoms with Gasteiger partial charge in [-0.3, -0.25) is 9.59 Å². The van der Waals surface area contributed by atoms with E-state index in [1.54, 1.807) is 6.92 Å². The van der Waals surface area contributed by atoms with Gasteiger partial charge in [-0.15, -0.1) is 0 Å². The summed E-state index contributed by atoms with van der Waals surface area (Å²) < 4.78 is 5.76. The SMILES string of the molecule is CC(=O)N(CCC(=O)Nc1ccc(OCc2ccccc2)cc1)C1CCCC1. The fourth-order valence-corrected chi connectivity index (χ4v) is 3.63. The van der Waals surface area contributed by atoms with E-state index in [0.717, 1.165) is 29.8 Å². The predicted molar refractivity (Wildman–Crippen MR) is 110 cm³/mol. The first-order valence-electron chi connectivity index (χ1n) is 9.95. The normalized spacial score (nSPS) is 13.9. The maximum atomic E-state index is 12.3. The van der Waals surface area contributed by atoms with Gasteiger partial charge >= 0.3 is 0 Å². The highest BCUT2D eigenvalue weighted by molar-refractivity contribution is 5.91. The lowest BCUT2D eigenvalue weighted by Crippen LogP contribution is -2.39. The standard InChI is InChI=1S/C23H28N2O3/c1-18(26)25(21-9-5-6-10-21)16-15-23(27)24-20-11-13-22(14-12-20)28-17-19-7-3-2-4-8-19/h2-4,7-8,11-14,21H,5-6,9-10,15-17H2,1H3,(H,24,27). The first kappa shape index (κ1) is 19.9. The number of rotatable bonds is 8. The van der Waals surface area contributed by atoms with Crippen LogP contribution in [0.1, 0.15) is 44.6 Å². The zero-order valence-electron chi connectivity index (χ0n) is 16.4. The molecule has 5 nitrogen and oxygen atoms in total. The lowest BCUT2D eigenvalue weighted by atomic mass is 10.2. The number of amides is 2. The Kier molecular flexibility index (Phi) is 7.06. The molecule has 1 N–H and O–H groups in total. The number of anilines is 1. The van der Waals surface area contributed by atoms with Gasteiger partial charge < -0.3 is 15.0 Å². The molecule has 2 aromatic rings. The smallest absolute Gasteiger partial charge is 0.226 e. The quantitative estimate of drug-likeness (QED) is 0.739. The lowest BCUT2D eigenvalue weighted by Gasteiger charge is -2.27. The fraction of sp³-hybridized carbons (Fsp3) is 0.391. The van der Waals surface area contributed by atoms with Crippen LogP contribution in [0.25, 0.3) is 0 Å². The van der Waals surface area contributed by atoms with E-state index in [4.69, 9.17) is 4.74 Å². The molecule has 0 spiro atoms. The summed E-state index contributed by atoms with van der Waals surface area (Å²) in [6.07, 6.45) is 4.73. The van der Waals surface area contributed by atoms with Crippen LogP contribution in [0.5, 0.6) is 5.75 Å². The van der Waals surface area contributed by atoms with Crippen LogP contribution in [0.4, 0.5) is 5.69 Å². The molecular formula is C23H28N2O3. The molecule has 0 atom stereocenters. The molecule has 0 radical (unpaired) electrons. The third kappa shape index (κ3) is 5.84. The zero-order chi connectivity index (χ0) is 19.8. The van der Waals surface area contributed by atoms with Gasteiger partial charge in [0.05, 0.1) is 0 Å². The number of ether oxygens (including phenoxy) is 1. The molecule has 28 heavy (non-hydrogen) atoms. The molecule has 1 saturated carbocycles. The molecule has 0 saturated heterocycles. The van der Waals surface area contributed by atoms with E-state index in [0.29, 0.717) is 25.6 Å². The van der Waals surface area contributed by atoms with Crippen LogP contribution >= 0.6 is 0 Å². The molecule has 0 aliphatic heterocycles. The predicted octanol–water partition coefficient (Wildman–Crippen LogP) is 4.39. The Morgan fingerprint density at radius 3 is 2.36 bits per heavy atom. The van der Waals surface area contributed by atoms with Gasteiger partial charge in [0.1, 0.15) is 12.4 Å². The summed E-state index contributed by atoms with van der Waals surface area (Å²) >= 11 is 0. The summed E-state index contributed by atoms with van der Waals surface area (Å²) in [4.78, 5) is 26.0. The van der Waals surface area contributed by atoms with Gasteiger partial charge in [-0.1, -0.05) is 43.2 Å². The molecule has 1 aliphatic carbocycles. The van der Waals surface area contributed by atoms with Crippen molar-refractivity contribution in [1.82, 2.24) is 4.90 Å². The van der Waals surface area contributed by atoms with Crippen LogP contribution in [0.2, 0.25) is 0 Å². The van der Waals surface area contributed by atoms with E-state index in [9.17, 15) is 9.59 Å². The first-order chi connectivity index (χ1) is 13.6. The van der Waals surface area contributed by atoms with Crippen LogP contribution in [-0.2, 0) is 16.2 Å². The number of carbonyl (C=O) groups is 2. The number of hydrogen-bond donors (Lipinski definition) is 1. The van der Waals surface area contributed by atoms with Crippen LogP contribution in [0, 0.1) is 0 Å². The maximum Gasteiger partial charge on any atom is 0.226 e. The van der Waals surface area contributed by atoms with Crippen LogP contribution in [0.15, 0.2) is 54.6 Å². The summed E-state index contributed by atoms with van der Waals surface area (Å²) in [5.74, 6) is 0.729. The average molecular weight is 380 g/mol. The van der Waals surface area contributed by atoms with Crippen LogP contribution < -0.4 is 10.1 Å². The van der Waals surface area contributed by atoms with Crippen molar-refractivity contribution in [3.63, 3.8) is 0 Å². The van der Waals surface area contributed by atoms with Gasteiger partial charge in [0, 0.05) is 31.6 Å². The summed E-state index contributed by atoms with van der Waals surface area (Å²) in [5.41, 5.74) is 1.84. The minimum absolute atomic E-state index is 0.0552. The number of carbonyl (C=O) groups excluding carboxylic acids is 2. The largest absolute Gasteiger partial charge is 0.489 e. The van der Waals surface area contributed by atoms with Crippen LogP contribution in [-0.4, -0.2) is 29.3 Å². The Balaban J connectivity index is 1.45. The molecule has 3 rings (SSSR count). The van der Waals surface area contributed by atoms with Gasteiger partial charge in [0.25, 0.3) is 0 Å². The molecule has 1 aliphatic rings. The van der Waals surface area contributed by atoms with E-state index in [1.165, 1.54) is 12.8 Å². The number of nitrogens with one attached hydrogen (secondary N) is 1. The fourth-order valence-electron chi connectivity index (χ4n) is 3.63. The zero-order valence-corrected chi connectivity index (χ0v) is 16.4. The monoisotopic (exact) mass is 380 g/mol. The molecular weight excluding hydrogens is 352 g/mol. The summed E-state index contributed by atoms with van der Waals surface area (Å²) in [6, 6.07) is 17.6. The van der Waals surface area contributed by atoms with Crippen molar-refractivity contribution in [3.05, 3.63) is 60.2 Å². The molecule has 2 aromatic carbocycles. The maximum absolute atomic E-state index is 12.3. The second-order valence-electron chi connectivity index (χ2n) is 7.25. The van der Waals surface area contributed by atoms with E-state index in [-0.39, 0.29) is 11.8 Å². The molecule has 2 amide bonds. The number of nitrogens with zero attached hydrogens (tertiary/aromatic N) is 1. The lowest BCUT2D eigenvalue weighted by molar-refractivity contribution is -0.131. The molecule has 148 valence electrons. The van der Waals surface area contributed by atoms with E-state index in [1.807, 2.05) is 59.5 Å². The topological polar surface area (TPSA) is 58.6 Å². The summed E-state index contributed by atoms with van der Waals surface area (Å²) in [6.45, 7) is 2.57. The minimum atomic E-state index is -0.0813. The van der Waals surface area contributed by atoms with Crippen molar-refractivity contribution in [2.75, 3.05) is 11.9 Å². The third-order valence-corrected chi connectivity index (χ3v) is 5.14. The van der Waals surface area contributed by atoms with Gasteiger partial charge in [-0.05, 0) is 42.7 Å². The van der Waals surface area contributed by atoms with Crippen molar-refractivity contribution in [2.45, 2.75) is 51.7 Å². The van der Waals surface area contributed by atoms with Crippen molar-refractivity contribution in [1.29, 1.82) is 0 Å². The molecule has 0 bridgehead atoms. The van der Waals surface area contributed by atoms with Crippen LogP contribution in [0.3, 0.4) is 0 Å². The molecule has 5 heteroatoms. The second kappa shape index (κ2) is 9.93. The molecule has 1 fully saturated rings. The second-order valence-corrected chi connectivity index (χ2v) is 7.25. The van der Waals surface area contributed by atoms with E-state index in [2.05, 4.69) is 5.32 Å². The van der Waals surface area contributed by atoms with E-state index < -0.39 is 0 Å². The summed E-state index contributed by atoms with van der Waals surface area (Å²) in [7, 11) is 0. The number of benzene rings is 2. The minimum Gasteiger partial charge on any atom is -0.489 e. The Bertz CT molecular complexity index is 768. The highest BCUT2D eigenvalue weighted by Gasteiger charge is 2.24. The van der Waals surface area contributed by atoms with Crippen molar-refractivity contribution < 1.29 is 14.3 Å². The Hall–Kier alpha value is -2.82. The summed E-state index contributed by atoms with van der Waals surface area (Å²) in [5, 5.41) is 2.90. The Morgan fingerprint density at radius 2 is 1.71 bits per heavy atom.